The Kier molecular flexibility index (Phi) is 11.5. The standard InChI is InChI=1S/C16H22O12/c1-21-5-23-7-25-9-27-13-4-14(28-10-26-8-24-6-22-2)12(16(19)20)3-11(13)15(17)18/h3-4H,5-10H2,1-2H3,(H,17,18)(H,19,20). The lowest BCUT2D eigenvalue weighted by atomic mass is 10.1. The molecule has 0 radical (unpaired) electrons. The maximum atomic E-state index is 11.4. The van der Waals surface area contributed by atoms with Gasteiger partial charge >= 0.3 is 11.9 Å². The minimum atomic E-state index is -1.39. The molecule has 0 fully saturated rings. The predicted octanol–water partition coefficient (Wildman–Crippen LogP) is 0.945. The lowest BCUT2D eigenvalue weighted by Gasteiger charge is -2.14. The van der Waals surface area contributed by atoms with Gasteiger partial charge in [-0.2, -0.15) is 0 Å². The summed E-state index contributed by atoms with van der Waals surface area (Å²) in [4.78, 5) is 22.8. The van der Waals surface area contributed by atoms with Gasteiger partial charge in [-0.1, -0.05) is 0 Å². The van der Waals surface area contributed by atoms with Gasteiger partial charge < -0.3 is 48.1 Å². The van der Waals surface area contributed by atoms with E-state index in [0.717, 1.165) is 12.1 Å². The Hall–Kier alpha value is -2.48. The Balaban J connectivity index is 2.79. The van der Waals surface area contributed by atoms with Crippen molar-refractivity contribution in [2.24, 2.45) is 0 Å². The highest BCUT2D eigenvalue weighted by Gasteiger charge is 2.21. The molecular formula is C16H22O12. The van der Waals surface area contributed by atoms with Crippen LogP contribution in [0.4, 0.5) is 0 Å². The SMILES string of the molecule is COCOCOCOc1cc(OCOCOCOC)c(C(=O)O)cc1C(=O)O. The molecular weight excluding hydrogens is 384 g/mol. The van der Waals surface area contributed by atoms with Crippen molar-refractivity contribution in [3.8, 4) is 11.5 Å². The molecule has 0 aliphatic rings. The van der Waals surface area contributed by atoms with Crippen LogP contribution in [0.25, 0.3) is 0 Å². The number of hydrogen-bond acceptors (Lipinski definition) is 10. The van der Waals surface area contributed by atoms with E-state index in [2.05, 4.69) is 9.47 Å². The van der Waals surface area contributed by atoms with Crippen LogP contribution >= 0.6 is 0 Å². The largest absolute Gasteiger partial charge is 0.478 e. The number of benzene rings is 1. The van der Waals surface area contributed by atoms with Gasteiger partial charge in [-0.25, -0.2) is 9.59 Å². The molecule has 0 amide bonds. The number of hydrogen-bond donors (Lipinski definition) is 2. The molecule has 1 rings (SSSR count). The third kappa shape index (κ3) is 8.47. The smallest absolute Gasteiger partial charge is 0.339 e. The molecule has 1 aromatic rings. The number of carbonyl (C=O) groups is 2. The first-order valence-electron chi connectivity index (χ1n) is 7.70. The molecule has 0 unspecified atom stereocenters. The summed E-state index contributed by atoms with van der Waals surface area (Å²) in [5.74, 6) is -3.09. The number of methoxy groups -OCH3 is 2. The summed E-state index contributed by atoms with van der Waals surface area (Å²) in [6.45, 7) is -0.974. The maximum absolute atomic E-state index is 11.4. The minimum absolute atomic E-state index is 0.0137. The van der Waals surface area contributed by atoms with Crippen LogP contribution < -0.4 is 9.47 Å². The van der Waals surface area contributed by atoms with Gasteiger partial charge in [0.25, 0.3) is 0 Å². The molecule has 0 atom stereocenters. The fourth-order valence-electron chi connectivity index (χ4n) is 1.77. The molecule has 0 spiro atoms. The van der Waals surface area contributed by atoms with Gasteiger partial charge in [0, 0.05) is 20.3 Å². The van der Waals surface area contributed by atoms with Crippen molar-refractivity contribution in [2.75, 3.05) is 55.0 Å². The molecule has 1 aromatic carbocycles. The van der Waals surface area contributed by atoms with E-state index in [-0.39, 0.29) is 63.4 Å². The van der Waals surface area contributed by atoms with E-state index in [1.165, 1.54) is 14.2 Å². The zero-order chi connectivity index (χ0) is 20.8. The number of carboxylic acids is 2. The third-order valence-electron chi connectivity index (χ3n) is 2.87. The zero-order valence-corrected chi connectivity index (χ0v) is 15.4. The van der Waals surface area contributed by atoms with Gasteiger partial charge in [-0.3, -0.25) is 0 Å². The molecule has 0 saturated carbocycles. The van der Waals surface area contributed by atoms with Crippen LogP contribution in [-0.4, -0.2) is 77.1 Å². The first-order valence-corrected chi connectivity index (χ1v) is 7.70. The Morgan fingerprint density at radius 3 is 1.43 bits per heavy atom. The van der Waals surface area contributed by atoms with Crippen LogP contribution in [0.3, 0.4) is 0 Å². The quantitative estimate of drug-likeness (QED) is 0.297. The van der Waals surface area contributed by atoms with Gasteiger partial charge in [-0.05, 0) is 6.07 Å². The van der Waals surface area contributed by atoms with E-state index in [9.17, 15) is 19.8 Å². The van der Waals surface area contributed by atoms with E-state index >= 15 is 0 Å². The van der Waals surface area contributed by atoms with Crippen LogP contribution in [0, 0.1) is 0 Å². The highest BCUT2D eigenvalue weighted by molar-refractivity contribution is 5.98. The van der Waals surface area contributed by atoms with Crippen molar-refractivity contribution in [1.29, 1.82) is 0 Å². The normalized spacial score (nSPS) is 10.6. The van der Waals surface area contributed by atoms with Crippen LogP contribution in [0.15, 0.2) is 12.1 Å². The first kappa shape index (κ1) is 23.6. The molecule has 0 heterocycles. The number of rotatable bonds is 16. The van der Waals surface area contributed by atoms with Crippen LogP contribution in [0.1, 0.15) is 20.7 Å². The first-order chi connectivity index (χ1) is 13.5. The molecule has 28 heavy (non-hydrogen) atoms. The average molecular weight is 406 g/mol. The summed E-state index contributed by atoms with van der Waals surface area (Å²) in [5.41, 5.74) is -0.758. The van der Waals surface area contributed by atoms with Gasteiger partial charge in [0.05, 0.1) is 0 Å². The van der Waals surface area contributed by atoms with E-state index < -0.39 is 11.9 Å². The average Bonchev–Trinajstić information content (AvgIpc) is 2.66. The molecule has 0 aliphatic heterocycles. The Bertz CT molecular complexity index is 569. The van der Waals surface area contributed by atoms with E-state index in [1.807, 2.05) is 0 Å². The van der Waals surface area contributed by atoms with Gasteiger partial charge in [0.2, 0.25) is 0 Å². The monoisotopic (exact) mass is 406 g/mol. The van der Waals surface area contributed by atoms with Crippen molar-refractivity contribution in [3.63, 3.8) is 0 Å². The molecule has 2 N–H and O–H groups in total. The molecule has 0 aliphatic carbocycles. The summed E-state index contributed by atoms with van der Waals surface area (Å²) in [6.07, 6.45) is 0. The Labute approximate surface area is 160 Å². The summed E-state index contributed by atoms with van der Waals surface area (Å²) in [5, 5.41) is 18.6. The minimum Gasteiger partial charge on any atom is -0.478 e. The zero-order valence-electron chi connectivity index (χ0n) is 15.4. The Morgan fingerprint density at radius 1 is 0.679 bits per heavy atom. The Morgan fingerprint density at radius 2 is 1.07 bits per heavy atom. The van der Waals surface area contributed by atoms with Crippen LogP contribution in [-0.2, 0) is 28.4 Å². The molecule has 12 nitrogen and oxygen atoms in total. The summed E-state index contributed by atoms with van der Waals surface area (Å²) >= 11 is 0. The second-order valence-corrected chi connectivity index (χ2v) is 4.84. The molecule has 12 heteroatoms. The fourth-order valence-corrected chi connectivity index (χ4v) is 1.77. The highest BCUT2D eigenvalue weighted by Crippen LogP contribution is 2.30. The third-order valence-corrected chi connectivity index (χ3v) is 2.87. The summed E-state index contributed by atoms with van der Waals surface area (Å²) < 4.78 is 39.6. The van der Waals surface area contributed by atoms with Gasteiger partial charge in [0.1, 0.15) is 36.2 Å². The van der Waals surface area contributed by atoms with Crippen molar-refractivity contribution in [3.05, 3.63) is 23.3 Å². The number of ether oxygens (including phenoxy) is 8. The lowest BCUT2D eigenvalue weighted by Crippen LogP contribution is -2.13. The van der Waals surface area contributed by atoms with Crippen molar-refractivity contribution in [2.45, 2.75) is 0 Å². The van der Waals surface area contributed by atoms with E-state index in [4.69, 9.17) is 28.4 Å². The molecule has 0 saturated heterocycles. The van der Waals surface area contributed by atoms with Crippen LogP contribution in [0.5, 0.6) is 11.5 Å². The predicted molar refractivity (Wildman–Crippen MR) is 89.2 cm³/mol. The second-order valence-electron chi connectivity index (χ2n) is 4.84. The van der Waals surface area contributed by atoms with Crippen molar-refractivity contribution in [1.82, 2.24) is 0 Å². The highest BCUT2D eigenvalue weighted by atomic mass is 16.8. The summed E-state index contributed by atoms with van der Waals surface area (Å²) in [6, 6.07) is 2.03. The number of carboxylic acid groups (broad SMARTS) is 2. The van der Waals surface area contributed by atoms with E-state index in [1.54, 1.807) is 0 Å². The second kappa shape index (κ2) is 13.7. The van der Waals surface area contributed by atoms with Gasteiger partial charge in [-0.15, -0.1) is 0 Å². The summed E-state index contributed by atoms with van der Waals surface area (Å²) in [7, 11) is 2.88. The van der Waals surface area contributed by atoms with Crippen molar-refractivity contribution < 1.29 is 57.7 Å². The molecule has 158 valence electrons. The molecule has 0 bridgehead atoms. The van der Waals surface area contributed by atoms with Crippen molar-refractivity contribution >= 4 is 11.9 Å². The lowest BCUT2D eigenvalue weighted by molar-refractivity contribution is -0.145. The molecule has 0 aromatic heterocycles. The van der Waals surface area contributed by atoms with Crippen LogP contribution in [0.2, 0.25) is 0 Å². The fraction of sp³-hybridized carbons (Fsp3) is 0.500. The van der Waals surface area contributed by atoms with Gasteiger partial charge in [0.15, 0.2) is 27.2 Å². The van der Waals surface area contributed by atoms with E-state index in [0.29, 0.717) is 0 Å². The maximum Gasteiger partial charge on any atom is 0.339 e. The number of aromatic carboxylic acids is 2. The topological polar surface area (TPSA) is 148 Å².